The molecule has 120 valence electrons. The Balaban J connectivity index is 0.000000595. The number of nitrogen functional groups attached to an aromatic ring is 1. The predicted molar refractivity (Wildman–Crippen MR) is 89.0 cm³/mol. The molecule has 23 heavy (non-hydrogen) atoms. The SMILES string of the molecule is CC#N.N#CNC(=N[C@@H]1C[C@@H]2CC[C@H]1C2)Nc1ccc(N)nc1. The zero-order valence-electron chi connectivity index (χ0n) is 13.2. The first kappa shape index (κ1) is 16.6. The van der Waals surface area contributed by atoms with Crippen molar-refractivity contribution in [1.29, 1.82) is 10.5 Å². The highest BCUT2D eigenvalue weighted by Gasteiger charge is 2.39. The van der Waals surface area contributed by atoms with Gasteiger partial charge in [-0.1, -0.05) is 6.42 Å². The number of aliphatic imine (C=N–C) groups is 1. The van der Waals surface area contributed by atoms with Crippen LogP contribution in [0.4, 0.5) is 11.5 Å². The topological polar surface area (TPSA) is 123 Å². The van der Waals surface area contributed by atoms with E-state index in [0.717, 1.165) is 18.0 Å². The van der Waals surface area contributed by atoms with E-state index in [4.69, 9.17) is 16.3 Å². The van der Waals surface area contributed by atoms with E-state index in [9.17, 15) is 0 Å². The summed E-state index contributed by atoms with van der Waals surface area (Å²) in [6.07, 6.45) is 8.60. The Kier molecular flexibility index (Phi) is 5.76. The van der Waals surface area contributed by atoms with Crippen molar-refractivity contribution in [3.8, 4) is 12.3 Å². The van der Waals surface area contributed by atoms with Crippen molar-refractivity contribution in [1.82, 2.24) is 10.3 Å². The van der Waals surface area contributed by atoms with Crippen LogP contribution in [0.15, 0.2) is 23.3 Å². The maximum absolute atomic E-state index is 8.85. The predicted octanol–water partition coefficient (Wildman–Crippen LogP) is 2.22. The molecule has 2 aliphatic carbocycles. The van der Waals surface area contributed by atoms with Gasteiger partial charge in [-0.05, 0) is 43.2 Å². The molecule has 4 N–H and O–H groups in total. The molecule has 3 atom stereocenters. The molecule has 0 radical (unpaired) electrons. The van der Waals surface area contributed by atoms with Crippen LogP contribution in [0.5, 0.6) is 0 Å². The van der Waals surface area contributed by atoms with Crippen LogP contribution in [0.1, 0.15) is 32.6 Å². The summed E-state index contributed by atoms with van der Waals surface area (Å²) >= 11 is 0. The second-order valence-corrected chi connectivity index (χ2v) is 5.78. The zero-order valence-corrected chi connectivity index (χ0v) is 13.2. The van der Waals surface area contributed by atoms with Gasteiger partial charge in [-0.25, -0.2) is 9.98 Å². The Morgan fingerprint density at radius 2 is 2.13 bits per heavy atom. The summed E-state index contributed by atoms with van der Waals surface area (Å²) in [5.74, 6) is 2.48. The van der Waals surface area contributed by atoms with E-state index in [1.54, 1.807) is 18.3 Å². The number of hydrogen-bond donors (Lipinski definition) is 3. The molecule has 1 heterocycles. The third-order valence-electron chi connectivity index (χ3n) is 4.22. The average Bonchev–Trinajstić information content (AvgIpc) is 3.13. The van der Waals surface area contributed by atoms with Gasteiger partial charge in [0.05, 0.1) is 24.0 Å². The number of anilines is 2. The first-order valence-corrected chi connectivity index (χ1v) is 7.68. The molecule has 0 unspecified atom stereocenters. The summed E-state index contributed by atoms with van der Waals surface area (Å²) in [6.45, 7) is 1.43. The number of nitrogens with two attached hydrogens (primary N) is 1. The lowest BCUT2D eigenvalue weighted by Crippen LogP contribution is -2.30. The molecule has 2 bridgehead atoms. The van der Waals surface area contributed by atoms with Crippen molar-refractivity contribution in [3.05, 3.63) is 18.3 Å². The number of hydrogen-bond acceptors (Lipinski definition) is 5. The monoisotopic (exact) mass is 311 g/mol. The molecule has 1 aromatic rings. The molecule has 7 nitrogen and oxygen atoms in total. The molecule has 0 spiro atoms. The summed E-state index contributed by atoms with van der Waals surface area (Å²) < 4.78 is 0. The molecule has 2 fully saturated rings. The van der Waals surface area contributed by atoms with Gasteiger partial charge in [0, 0.05) is 6.92 Å². The maximum atomic E-state index is 8.85. The minimum Gasteiger partial charge on any atom is -0.384 e. The first-order chi connectivity index (χ1) is 11.2. The van der Waals surface area contributed by atoms with Gasteiger partial charge in [-0.15, -0.1) is 0 Å². The van der Waals surface area contributed by atoms with Crippen molar-refractivity contribution in [2.24, 2.45) is 16.8 Å². The highest BCUT2D eigenvalue weighted by Crippen LogP contribution is 2.45. The smallest absolute Gasteiger partial charge is 0.209 e. The van der Waals surface area contributed by atoms with Crippen LogP contribution in [-0.4, -0.2) is 17.0 Å². The number of guanidine groups is 1. The summed E-state index contributed by atoms with van der Waals surface area (Å²) in [5.41, 5.74) is 6.32. The summed E-state index contributed by atoms with van der Waals surface area (Å²) in [5, 5.41) is 21.9. The fourth-order valence-electron chi connectivity index (χ4n) is 3.30. The fourth-order valence-corrected chi connectivity index (χ4v) is 3.30. The van der Waals surface area contributed by atoms with Crippen LogP contribution in [0, 0.1) is 34.6 Å². The van der Waals surface area contributed by atoms with E-state index >= 15 is 0 Å². The molecule has 0 saturated heterocycles. The lowest BCUT2D eigenvalue weighted by atomic mass is 9.96. The molecular formula is C16H21N7. The van der Waals surface area contributed by atoms with Gasteiger partial charge in [0.1, 0.15) is 5.82 Å². The first-order valence-electron chi connectivity index (χ1n) is 7.68. The Labute approximate surface area is 136 Å². The number of fused-ring (bicyclic) bond motifs is 2. The Bertz CT molecular complexity index is 623. The molecule has 2 saturated carbocycles. The third-order valence-corrected chi connectivity index (χ3v) is 4.22. The summed E-state index contributed by atoms with van der Waals surface area (Å²) in [7, 11) is 0. The number of pyridine rings is 1. The van der Waals surface area contributed by atoms with E-state index in [1.807, 2.05) is 12.3 Å². The normalized spacial score (nSPS) is 24.8. The van der Waals surface area contributed by atoms with Gasteiger partial charge in [0.15, 0.2) is 6.19 Å². The van der Waals surface area contributed by atoms with Gasteiger partial charge in [0.2, 0.25) is 5.96 Å². The number of nitrogens with one attached hydrogen (secondary N) is 2. The van der Waals surface area contributed by atoms with E-state index in [2.05, 4.69) is 20.6 Å². The number of aromatic nitrogens is 1. The average molecular weight is 311 g/mol. The minimum absolute atomic E-state index is 0.332. The van der Waals surface area contributed by atoms with Gasteiger partial charge in [-0.3, -0.25) is 5.32 Å². The van der Waals surface area contributed by atoms with Crippen LogP contribution < -0.4 is 16.4 Å². The second kappa shape index (κ2) is 8.00. The van der Waals surface area contributed by atoms with Crippen LogP contribution in [-0.2, 0) is 0 Å². The van der Waals surface area contributed by atoms with Crippen molar-refractivity contribution < 1.29 is 0 Å². The molecule has 1 aromatic heterocycles. The number of nitrogens with zero attached hydrogens (tertiary/aromatic N) is 4. The largest absolute Gasteiger partial charge is 0.384 e. The van der Waals surface area contributed by atoms with Gasteiger partial charge >= 0.3 is 0 Å². The summed E-state index contributed by atoms with van der Waals surface area (Å²) in [6, 6.07) is 5.61. The van der Waals surface area contributed by atoms with Crippen molar-refractivity contribution in [2.45, 2.75) is 38.6 Å². The molecule has 0 aromatic carbocycles. The third kappa shape index (κ3) is 4.58. The molecule has 3 rings (SSSR count). The fraction of sp³-hybridized carbons (Fsp3) is 0.500. The molecule has 2 aliphatic rings. The standard InChI is InChI=1S/C14H18N6.C2H3N/c15-8-18-14(19-11-3-4-13(16)17-7-11)20-12-6-9-1-2-10(12)5-9;1-2-3/h3-4,7,9-10,12H,1-2,5-6H2,(H2,16,17)(H2,18,19,20);1H3/t9-,10+,12-;/m1./s1. The van der Waals surface area contributed by atoms with Gasteiger partial charge < -0.3 is 11.1 Å². The molecule has 7 heteroatoms. The Morgan fingerprint density at radius 3 is 2.65 bits per heavy atom. The van der Waals surface area contributed by atoms with Crippen molar-refractivity contribution in [2.75, 3.05) is 11.1 Å². The van der Waals surface area contributed by atoms with Crippen molar-refractivity contribution in [3.63, 3.8) is 0 Å². The van der Waals surface area contributed by atoms with Crippen molar-refractivity contribution >= 4 is 17.5 Å². The Hall–Kier alpha value is -2.80. The lowest BCUT2D eigenvalue weighted by molar-refractivity contribution is 0.420. The van der Waals surface area contributed by atoms with Crippen LogP contribution in [0.25, 0.3) is 0 Å². The highest BCUT2D eigenvalue weighted by molar-refractivity contribution is 5.94. The van der Waals surface area contributed by atoms with E-state index < -0.39 is 0 Å². The Morgan fingerprint density at radius 1 is 1.35 bits per heavy atom. The molecule has 0 amide bonds. The highest BCUT2D eigenvalue weighted by atomic mass is 15.2. The van der Waals surface area contributed by atoms with Gasteiger partial charge in [0.25, 0.3) is 0 Å². The lowest BCUT2D eigenvalue weighted by Gasteiger charge is -2.19. The number of nitriles is 2. The van der Waals surface area contributed by atoms with Gasteiger partial charge in [-0.2, -0.15) is 10.5 Å². The molecule has 0 aliphatic heterocycles. The van der Waals surface area contributed by atoms with E-state index in [0.29, 0.717) is 23.7 Å². The van der Waals surface area contributed by atoms with Crippen LogP contribution in [0.2, 0.25) is 0 Å². The minimum atomic E-state index is 0.332. The summed E-state index contributed by atoms with van der Waals surface area (Å²) in [4.78, 5) is 8.69. The maximum Gasteiger partial charge on any atom is 0.209 e. The van der Waals surface area contributed by atoms with E-state index in [-0.39, 0.29) is 0 Å². The van der Waals surface area contributed by atoms with Crippen LogP contribution >= 0.6 is 0 Å². The second-order valence-electron chi connectivity index (χ2n) is 5.78. The van der Waals surface area contributed by atoms with Crippen LogP contribution in [0.3, 0.4) is 0 Å². The zero-order chi connectivity index (χ0) is 16.7. The molecular weight excluding hydrogens is 290 g/mol. The number of rotatable bonds is 2. The van der Waals surface area contributed by atoms with E-state index in [1.165, 1.54) is 26.2 Å². The quantitative estimate of drug-likeness (QED) is 0.333.